The Kier molecular flexibility index (Phi) is 12.1. The SMILES string of the molecule is COc1ccc(C(OCC(COC(c2ccccc2)(c2ccc(OC)cc2)c2ccc(OC)cc2)OO)(c2ccccc2)c2ccc(OC)cc2)cc1. The molecule has 0 bridgehead atoms. The topological polar surface area (TPSA) is 84.8 Å². The van der Waals surface area contributed by atoms with E-state index in [0.717, 1.165) is 33.4 Å². The van der Waals surface area contributed by atoms with Crippen molar-refractivity contribution < 1.29 is 38.6 Å². The van der Waals surface area contributed by atoms with Crippen molar-refractivity contribution >= 4 is 0 Å². The fraction of sp³-hybridized carbons (Fsp3) is 0.200. The van der Waals surface area contributed by atoms with Crippen LogP contribution < -0.4 is 18.9 Å². The van der Waals surface area contributed by atoms with Crippen LogP contribution in [0, 0.1) is 0 Å². The van der Waals surface area contributed by atoms with Gasteiger partial charge in [0.2, 0.25) is 0 Å². The third kappa shape index (κ3) is 7.77. The van der Waals surface area contributed by atoms with Crippen molar-refractivity contribution in [1.29, 1.82) is 0 Å². The van der Waals surface area contributed by atoms with Crippen LogP contribution in [0.15, 0.2) is 158 Å². The Balaban J connectivity index is 1.42. The van der Waals surface area contributed by atoms with E-state index in [9.17, 15) is 5.26 Å². The molecular weight excluding hydrogens is 668 g/mol. The molecule has 8 nitrogen and oxygen atoms in total. The second-order valence-corrected chi connectivity index (χ2v) is 12.4. The number of methoxy groups -OCH3 is 4. The first-order valence-corrected chi connectivity index (χ1v) is 17.3. The highest BCUT2D eigenvalue weighted by Crippen LogP contribution is 2.44. The highest BCUT2D eigenvalue weighted by molar-refractivity contribution is 5.51. The summed E-state index contributed by atoms with van der Waals surface area (Å²) in [5, 5.41) is 10.5. The summed E-state index contributed by atoms with van der Waals surface area (Å²) in [6.45, 7) is -0.112. The van der Waals surface area contributed by atoms with Gasteiger partial charge in [0.05, 0.1) is 41.7 Å². The number of hydrogen-bond donors (Lipinski definition) is 1. The van der Waals surface area contributed by atoms with Crippen LogP contribution in [0.3, 0.4) is 0 Å². The van der Waals surface area contributed by atoms with Crippen molar-refractivity contribution in [2.24, 2.45) is 0 Å². The quantitative estimate of drug-likeness (QED) is 0.0571. The van der Waals surface area contributed by atoms with Gasteiger partial charge in [-0.1, -0.05) is 109 Å². The van der Waals surface area contributed by atoms with Crippen molar-refractivity contribution in [3.63, 3.8) is 0 Å². The van der Waals surface area contributed by atoms with Crippen molar-refractivity contribution in [1.82, 2.24) is 0 Å². The molecule has 272 valence electrons. The minimum atomic E-state index is -1.13. The highest BCUT2D eigenvalue weighted by Gasteiger charge is 2.41. The predicted molar refractivity (Wildman–Crippen MR) is 204 cm³/mol. The molecule has 0 saturated carbocycles. The molecule has 0 aliphatic rings. The largest absolute Gasteiger partial charge is 0.497 e. The third-order valence-corrected chi connectivity index (χ3v) is 9.47. The molecule has 0 amide bonds. The van der Waals surface area contributed by atoms with Crippen molar-refractivity contribution in [2.45, 2.75) is 17.3 Å². The predicted octanol–water partition coefficient (Wildman–Crippen LogP) is 8.90. The van der Waals surface area contributed by atoms with Gasteiger partial charge >= 0.3 is 0 Å². The molecule has 0 aromatic heterocycles. The van der Waals surface area contributed by atoms with Crippen molar-refractivity contribution in [3.8, 4) is 23.0 Å². The molecule has 0 spiro atoms. The molecule has 6 aromatic carbocycles. The molecular formula is C45H44O8. The zero-order valence-corrected chi connectivity index (χ0v) is 30.3. The van der Waals surface area contributed by atoms with Gasteiger partial charge in [0.25, 0.3) is 0 Å². The van der Waals surface area contributed by atoms with Gasteiger partial charge in [0.15, 0.2) is 0 Å². The van der Waals surface area contributed by atoms with E-state index in [2.05, 4.69) is 0 Å². The average molecular weight is 713 g/mol. The zero-order chi connectivity index (χ0) is 37.1. The van der Waals surface area contributed by atoms with Crippen LogP contribution in [0.5, 0.6) is 23.0 Å². The van der Waals surface area contributed by atoms with Crippen LogP contribution >= 0.6 is 0 Å². The van der Waals surface area contributed by atoms with E-state index in [1.807, 2.05) is 158 Å². The Morgan fingerprint density at radius 3 is 0.849 bits per heavy atom. The molecule has 0 atom stereocenters. The molecule has 0 aliphatic carbocycles. The standard InChI is InChI=1S/C45H44O8/c1-47-39-23-15-35(16-24-39)44(33-11-7-5-8-12-33,36-17-25-40(48-2)26-18-36)51-31-43(53-46)32-52-45(34-13-9-6-10-14-34,37-19-27-41(49-3)28-20-37)38-21-29-42(50-4)30-22-38/h5-30,43,46H,31-32H2,1-4H3. The van der Waals surface area contributed by atoms with Crippen LogP contribution in [-0.2, 0) is 25.6 Å². The summed E-state index contributed by atoms with van der Waals surface area (Å²) < 4.78 is 36.1. The lowest BCUT2D eigenvalue weighted by Crippen LogP contribution is -2.40. The summed E-state index contributed by atoms with van der Waals surface area (Å²) >= 11 is 0. The van der Waals surface area contributed by atoms with E-state index in [-0.39, 0.29) is 13.2 Å². The van der Waals surface area contributed by atoms with E-state index in [4.69, 9.17) is 33.3 Å². The first-order chi connectivity index (χ1) is 26.0. The van der Waals surface area contributed by atoms with E-state index in [1.165, 1.54) is 0 Å². The maximum atomic E-state index is 10.5. The first-order valence-electron chi connectivity index (χ1n) is 17.3. The maximum absolute atomic E-state index is 10.5. The third-order valence-electron chi connectivity index (χ3n) is 9.47. The second-order valence-electron chi connectivity index (χ2n) is 12.4. The number of rotatable bonds is 17. The van der Waals surface area contributed by atoms with Gasteiger partial charge in [-0.15, -0.1) is 0 Å². The molecule has 1 N–H and O–H groups in total. The van der Waals surface area contributed by atoms with E-state index >= 15 is 0 Å². The second kappa shape index (κ2) is 17.3. The summed E-state index contributed by atoms with van der Waals surface area (Å²) in [6, 6.07) is 51.0. The Morgan fingerprint density at radius 1 is 0.377 bits per heavy atom. The van der Waals surface area contributed by atoms with Crippen LogP contribution in [-0.4, -0.2) is 53.0 Å². The average Bonchev–Trinajstić information content (AvgIpc) is 3.24. The molecule has 0 radical (unpaired) electrons. The minimum absolute atomic E-state index is 0.0560. The van der Waals surface area contributed by atoms with Crippen LogP contribution in [0.2, 0.25) is 0 Å². The Labute approximate surface area is 311 Å². The number of ether oxygens (including phenoxy) is 6. The van der Waals surface area contributed by atoms with Crippen molar-refractivity contribution in [3.05, 3.63) is 191 Å². The van der Waals surface area contributed by atoms with Gasteiger partial charge in [-0.05, 0) is 81.9 Å². The summed E-state index contributed by atoms with van der Waals surface area (Å²) in [5.74, 6) is 2.85. The zero-order valence-electron chi connectivity index (χ0n) is 30.3. The van der Waals surface area contributed by atoms with E-state index in [0.29, 0.717) is 23.0 Å². The Hall–Kier alpha value is -5.64. The normalized spacial score (nSPS) is 11.7. The van der Waals surface area contributed by atoms with Gasteiger partial charge in [0, 0.05) is 0 Å². The molecule has 0 fully saturated rings. The Morgan fingerprint density at radius 2 is 0.623 bits per heavy atom. The fourth-order valence-electron chi connectivity index (χ4n) is 6.69. The lowest BCUT2D eigenvalue weighted by molar-refractivity contribution is -0.302. The fourth-order valence-corrected chi connectivity index (χ4v) is 6.69. The molecule has 0 saturated heterocycles. The molecule has 6 aromatic rings. The van der Waals surface area contributed by atoms with Gasteiger partial charge in [-0.2, -0.15) is 0 Å². The highest BCUT2D eigenvalue weighted by atomic mass is 17.1. The molecule has 8 heteroatoms. The lowest BCUT2D eigenvalue weighted by Gasteiger charge is -2.38. The monoisotopic (exact) mass is 712 g/mol. The summed E-state index contributed by atoms with van der Waals surface area (Å²) in [5.41, 5.74) is 2.90. The molecule has 0 aliphatic heterocycles. The van der Waals surface area contributed by atoms with Gasteiger partial charge < -0.3 is 28.4 Å². The van der Waals surface area contributed by atoms with E-state index < -0.39 is 17.3 Å². The molecule has 53 heavy (non-hydrogen) atoms. The van der Waals surface area contributed by atoms with Crippen LogP contribution in [0.4, 0.5) is 0 Å². The summed E-state index contributed by atoms with van der Waals surface area (Å²) in [7, 11) is 6.54. The maximum Gasteiger partial charge on any atom is 0.143 e. The van der Waals surface area contributed by atoms with Crippen molar-refractivity contribution in [2.75, 3.05) is 41.7 Å². The van der Waals surface area contributed by atoms with Crippen LogP contribution in [0.25, 0.3) is 0 Å². The number of benzene rings is 6. The molecule has 0 unspecified atom stereocenters. The summed E-state index contributed by atoms with van der Waals surface area (Å²) in [4.78, 5) is 5.17. The minimum Gasteiger partial charge on any atom is -0.497 e. The van der Waals surface area contributed by atoms with Gasteiger partial charge in [-0.3, -0.25) is 5.26 Å². The van der Waals surface area contributed by atoms with Crippen LogP contribution in [0.1, 0.15) is 33.4 Å². The lowest BCUT2D eigenvalue weighted by atomic mass is 9.79. The van der Waals surface area contributed by atoms with E-state index in [1.54, 1.807) is 28.4 Å². The van der Waals surface area contributed by atoms with Gasteiger partial charge in [-0.25, -0.2) is 4.89 Å². The smallest absolute Gasteiger partial charge is 0.143 e. The Bertz CT molecular complexity index is 1740. The first kappa shape index (κ1) is 37.1. The molecule has 6 rings (SSSR count). The van der Waals surface area contributed by atoms with Gasteiger partial charge in [0.1, 0.15) is 40.3 Å². The molecule has 0 heterocycles. The number of hydrogen-bond acceptors (Lipinski definition) is 8. The summed E-state index contributed by atoms with van der Waals surface area (Å²) in [6.07, 6.45) is -0.922.